The lowest BCUT2D eigenvalue weighted by molar-refractivity contribution is -0.0234. The third kappa shape index (κ3) is 3.44. The molecule has 1 aliphatic rings. The van der Waals surface area contributed by atoms with Gasteiger partial charge in [-0.2, -0.15) is 0 Å². The zero-order valence-electron chi connectivity index (χ0n) is 11.2. The number of methoxy groups -OCH3 is 1. The standard InChI is InChI=1S/C13H27NO2/c1-5-13(3,10-15)9-14-7-6-11(2)12(8-14)16-4/h11-12,15H,5-10H2,1-4H3. The molecule has 1 aliphatic heterocycles. The molecule has 0 aliphatic carbocycles. The van der Waals surface area contributed by atoms with Crippen molar-refractivity contribution in [1.82, 2.24) is 4.90 Å². The lowest BCUT2D eigenvalue weighted by atomic mass is 9.86. The molecule has 1 saturated heterocycles. The Kier molecular flexibility index (Phi) is 5.22. The zero-order valence-corrected chi connectivity index (χ0v) is 11.2. The predicted molar refractivity (Wildman–Crippen MR) is 66.5 cm³/mol. The van der Waals surface area contributed by atoms with Crippen LogP contribution in [0.2, 0.25) is 0 Å². The number of rotatable bonds is 5. The SMILES string of the molecule is CCC(C)(CO)CN1CCC(C)C(OC)C1. The molecular weight excluding hydrogens is 202 g/mol. The van der Waals surface area contributed by atoms with Crippen molar-refractivity contribution in [3.63, 3.8) is 0 Å². The van der Waals surface area contributed by atoms with Gasteiger partial charge in [-0.05, 0) is 25.3 Å². The van der Waals surface area contributed by atoms with Crippen LogP contribution in [0.1, 0.15) is 33.6 Å². The lowest BCUT2D eigenvalue weighted by Crippen LogP contribution is -2.48. The molecule has 0 aromatic carbocycles. The highest BCUT2D eigenvalue weighted by Crippen LogP contribution is 2.26. The number of hydrogen-bond donors (Lipinski definition) is 1. The summed E-state index contributed by atoms with van der Waals surface area (Å²) in [6, 6.07) is 0. The first-order valence-corrected chi connectivity index (χ1v) is 6.40. The van der Waals surface area contributed by atoms with Gasteiger partial charge in [0.2, 0.25) is 0 Å². The second-order valence-electron chi connectivity index (χ2n) is 5.60. The Morgan fingerprint density at radius 3 is 2.69 bits per heavy atom. The Labute approximate surface area is 99.8 Å². The van der Waals surface area contributed by atoms with Crippen LogP contribution >= 0.6 is 0 Å². The van der Waals surface area contributed by atoms with Gasteiger partial charge in [0.15, 0.2) is 0 Å². The number of ether oxygens (including phenoxy) is 1. The van der Waals surface area contributed by atoms with Gasteiger partial charge in [0.05, 0.1) is 6.10 Å². The van der Waals surface area contributed by atoms with Crippen molar-refractivity contribution < 1.29 is 9.84 Å². The van der Waals surface area contributed by atoms with Gasteiger partial charge >= 0.3 is 0 Å². The summed E-state index contributed by atoms with van der Waals surface area (Å²) in [6.45, 7) is 9.96. The molecule has 0 radical (unpaired) electrons. The van der Waals surface area contributed by atoms with Crippen LogP contribution < -0.4 is 0 Å². The largest absolute Gasteiger partial charge is 0.396 e. The highest BCUT2D eigenvalue weighted by molar-refractivity contribution is 4.83. The first kappa shape index (κ1) is 13.9. The molecule has 3 nitrogen and oxygen atoms in total. The minimum atomic E-state index is 0.0405. The van der Waals surface area contributed by atoms with Gasteiger partial charge in [-0.15, -0.1) is 0 Å². The summed E-state index contributed by atoms with van der Waals surface area (Å²) in [5.41, 5.74) is 0.0405. The van der Waals surface area contributed by atoms with Crippen molar-refractivity contribution in [1.29, 1.82) is 0 Å². The predicted octanol–water partition coefficient (Wildman–Crippen LogP) is 1.75. The average Bonchev–Trinajstić information content (AvgIpc) is 2.31. The Hall–Kier alpha value is -0.120. The maximum Gasteiger partial charge on any atom is 0.0724 e. The fourth-order valence-electron chi connectivity index (χ4n) is 2.36. The van der Waals surface area contributed by atoms with E-state index in [1.54, 1.807) is 7.11 Å². The Bertz CT molecular complexity index is 204. The van der Waals surface area contributed by atoms with Crippen LogP contribution in [-0.4, -0.2) is 49.5 Å². The summed E-state index contributed by atoms with van der Waals surface area (Å²) >= 11 is 0. The first-order chi connectivity index (χ1) is 7.54. The van der Waals surface area contributed by atoms with Gasteiger partial charge in [0, 0.05) is 32.2 Å². The topological polar surface area (TPSA) is 32.7 Å². The van der Waals surface area contributed by atoms with Gasteiger partial charge in [-0.25, -0.2) is 0 Å². The van der Waals surface area contributed by atoms with Gasteiger partial charge in [0.25, 0.3) is 0 Å². The second-order valence-corrected chi connectivity index (χ2v) is 5.60. The maximum atomic E-state index is 9.43. The number of piperidine rings is 1. The first-order valence-electron chi connectivity index (χ1n) is 6.40. The molecule has 0 amide bonds. The van der Waals surface area contributed by atoms with Crippen LogP contribution in [0.3, 0.4) is 0 Å². The van der Waals surface area contributed by atoms with Gasteiger partial charge in [-0.3, -0.25) is 0 Å². The van der Waals surface area contributed by atoms with E-state index in [-0.39, 0.29) is 12.0 Å². The van der Waals surface area contributed by atoms with Gasteiger partial charge in [0.1, 0.15) is 0 Å². The van der Waals surface area contributed by atoms with E-state index in [1.165, 1.54) is 6.42 Å². The maximum absolute atomic E-state index is 9.43. The van der Waals surface area contributed by atoms with Crippen LogP contribution in [0.5, 0.6) is 0 Å². The Morgan fingerprint density at radius 1 is 1.50 bits per heavy atom. The fourth-order valence-corrected chi connectivity index (χ4v) is 2.36. The molecule has 0 aromatic rings. The molecule has 0 aromatic heterocycles. The lowest BCUT2D eigenvalue weighted by Gasteiger charge is -2.40. The van der Waals surface area contributed by atoms with Crippen LogP contribution in [0.15, 0.2) is 0 Å². The summed E-state index contributed by atoms with van der Waals surface area (Å²) in [6.07, 6.45) is 2.57. The van der Waals surface area contributed by atoms with E-state index < -0.39 is 0 Å². The van der Waals surface area contributed by atoms with Crippen molar-refractivity contribution in [2.45, 2.75) is 39.7 Å². The second kappa shape index (κ2) is 5.99. The molecule has 1 fully saturated rings. The van der Waals surface area contributed by atoms with Crippen LogP contribution in [0, 0.1) is 11.3 Å². The van der Waals surface area contributed by atoms with E-state index in [4.69, 9.17) is 4.74 Å². The molecule has 1 N–H and O–H groups in total. The molecule has 3 atom stereocenters. The third-order valence-electron chi connectivity index (χ3n) is 4.12. The van der Waals surface area contributed by atoms with E-state index in [2.05, 4.69) is 25.7 Å². The average molecular weight is 229 g/mol. The summed E-state index contributed by atoms with van der Waals surface area (Å²) in [5, 5.41) is 9.43. The van der Waals surface area contributed by atoms with Crippen LogP contribution in [-0.2, 0) is 4.74 Å². The minimum Gasteiger partial charge on any atom is -0.396 e. The zero-order chi connectivity index (χ0) is 12.2. The highest BCUT2D eigenvalue weighted by Gasteiger charge is 2.30. The molecule has 16 heavy (non-hydrogen) atoms. The summed E-state index contributed by atoms with van der Waals surface area (Å²) in [7, 11) is 1.80. The molecule has 3 heteroatoms. The van der Waals surface area contributed by atoms with Crippen molar-refractivity contribution in [2.75, 3.05) is 33.4 Å². The van der Waals surface area contributed by atoms with Gasteiger partial charge in [-0.1, -0.05) is 20.8 Å². The van der Waals surface area contributed by atoms with E-state index in [0.717, 1.165) is 26.1 Å². The quantitative estimate of drug-likeness (QED) is 0.779. The molecule has 0 spiro atoms. The normalized spacial score (nSPS) is 31.3. The third-order valence-corrected chi connectivity index (χ3v) is 4.12. The fraction of sp³-hybridized carbons (Fsp3) is 1.00. The molecule has 96 valence electrons. The van der Waals surface area contributed by atoms with Gasteiger partial charge < -0.3 is 14.7 Å². The summed E-state index contributed by atoms with van der Waals surface area (Å²) in [4.78, 5) is 2.44. The van der Waals surface area contributed by atoms with Crippen LogP contribution in [0.4, 0.5) is 0 Å². The monoisotopic (exact) mass is 229 g/mol. The van der Waals surface area contributed by atoms with Crippen molar-refractivity contribution in [3.8, 4) is 0 Å². The number of aliphatic hydroxyl groups is 1. The van der Waals surface area contributed by atoms with E-state index in [1.807, 2.05) is 0 Å². The number of aliphatic hydroxyl groups excluding tert-OH is 1. The van der Waals surface area contributed by atoms with E-state index >= 15 is 0 Å². The molecule has 1 rings (SSSR count). The highest BCUT2D eigenvalue weighted by atomic mass is 16.5. The Balaban J connectivity index is 2.49. The number of nitrogens with zero attached hydrogens (tertiary/aromatic N) is 1. The number of hydrogen-bond acceptors (Lipinski definition) is 3. The summed E-state index contributed by atoms with van der Waals surface area (Å²) in [5.74, 6) is 0.656. The molecule has 3 unspecified atom stereocenters. The van der Waals surface area contributed by atoms with Crippen molar-refractivity contribution >= 4 is 0 Å². The minimum absolute atomic E-state index is 0.0405. The summed E-state index contributed by atoms with van der Waals surface area (Å²) < 4.78 is 5.51. The molecule has 0 saturated carbocycles. The van der Waals surface area contributed by atoms with Crippen molar-refractivity contribution in [3.05, 3.63) is 0 Å². The molecule has 0 bridgehead atoms. The number of likely N-dealkylation sites (tertiary alicyclic amines) is 1. The van der Waals surface area contributed by atoms with Crippen molar-refractivity contribution in [2.24, 2.45) is 11.3 Å². The Morgan fingerprint density at radius 2 is 2.19 bits per heavy atom. The molecular formula is C13H27NO2. The van der Waals surface area contributed by atoms with E-state index in [0.29, 0.717) is 12.0 Å². The smallest absolute Gasteiger partial charge is 0.0724 e. The molecule has 1 heterocycles. The van der Waals surface area contributed by atoms with Crippen LogP contribution in [0.25, 0.3) is 0 Å². The van der Waals surface area contributed by atoms with E-state index in [9.17, 15) is 5.11 Å².